The van der Waals surface area contributed by atoms with E-state index in [9.17, 15) is 23.1 Å². The van der Waals surface area contributed by atoms with Crippen LogP contribution in [-0.4, -0.2) is 28.0 Å². The number of carbonyl (C=O) groups is 1. The Kier molecular flexibility index (Phi) is 5.17. The number of rotatable bonds is 4. The number of allylic oxidation sites excluding steroid dienone is 1. The zero-order chi connectivity index (χ0) is 17.9. The number of hydrogen-bond acceptors (Lipinski definition) is 6. The molecular weight excluding hydrogens is 347 g/mol. The molecule has 0 bridgehead atoms. The first-order chi connectivity index (χ1) is 11.2. The number of carbonyl (C=O) groups excluding carboxylic acids is 1. The minimum Gasteiger partial charge on any atom is -0.511 e. The van der Waals surface area contributed by atoms with Gasteiger partial charge in [-0.25, -0.2) is 9.97 Å². The monoisotopic (exact) mass is 359 g/mol. The molecule has 2 N–H and O–H groups in total. The van der Waals surface area contributed by atoms with Gasteiger partial charge >= 0.3 is 6.18 Å². The van der Waals surface area contributed by atoms with Crippen molar-refractivity contribution in [2.24, 2.45) is 0 Å². The van der Waals surface area contributed by atoms with Crippen LogP contribution in [0.1, 0.15) is 12.6 Å². The number of thioether (sulfide) groups is 1. The molecule has 0 saturated carbocycles. The third kappa shape index (κ3) is 4.07. The van der Waals surface area contributed by atoms with Crippen molar-refractivity contribution in [3.63, 3.8) is 0 Å². The number of furan rings is 1. The third-order valence-corrected chi connectivity index (χ3v) is 3.78. The summed E-state index contributed by atoms with van der Waals surface area (Å²) in [6.07, 6.45) is -3.41. The van der Waals surface area contributed by atoms with Crippen LogP contribution < -0.4 is 5.32 Å². The molecule has 24 heavy (non-hydrogen) atoms. The van der Waals surface area contributed by atoms with Gasteiger partial charge in [0, 0.05) is 7.05 Å². The average molecular weight is 359 g/mol. The topological polar surface area (TPSA) is 88.3 Å². The second-order valence-corrected chi connectivity index (χ2v) is 5.47. The summed E-state index contributed by atoms with van der Waals surface area (Å²) in [5.41, 5.74) is -1.27. The molecule has 0 saturated heterocycles. The molecule has 2 rings (SSSR count). The molecule has 0 fully saturated rings. The number of aliphatic hydroxyl groups excluding tert-OH is 1. The summed E-state index contributed by atoms with van der Waals surface area (Å²) in [6.45, 7) is 1.23. The Labute approximate surface area is 138 Å². The van der Waals surface area contributed by atoms with Gasteiger partial charge in [0.15, 0.2) is 10.9 Å². The van der Waals surface area contributed by atoms with Gasteiger partial charge in [-0.15, -0.1) is 0 Å². The molecule has 2 heterocycles. The van der Waals surface area contributed by atoms with Crippen LogP contribution in [0.25, 0.3) is 11.5 Å². The highest BCUT2D eigenvalue weighted by atomic mass is 32.2. The van der Waals surface area contributed by atoms with Crippen LogP contribution in [-0.2, 0) is 11.0 Å². The number of aliphatic hydroxyl groups is 1. The number of likely N-dealkylation sites (N-methyl/N-ethyl adjacent to an activating group) is 1. The molecule has 0 spiro atoms. The van der Waals surface area contributed by atoms with Crippen LogP contribution in [0.3, 0.4) is 0 Å². The maximum Gasteiger partial charge on any atom is 0.433 e. The van der Waals surface area contributed by atoms with Gasteiger partial charge in [-0.3, -0.25) is 4.79 Å². The van der Waals surface area contributed by atoms with Crippen molar-refractivity contribution >= 4 is 17.7 Å². The molecule has 0 atom stereocenters. The molecule has 0 aliphatic carbocycles. The highest BCUT2D eigenvalue weighted by Crippen LogP contribution is 2.34. The van der Waals surface area contributed by atoms with Crippen LogP contribution in [0, 0.1) is 0 Å². The second-order valence-electron chi connectivity index (χ2n) is 4.49. The fourth-order valence-electron chi connectivity index (χ4n) is 1.66. The van der Waals surface area contributed by atoms with Gasteiger partial charge in [-0.1, -0.05) is 0 Å². The third-order valence-electron chi connectivity index (χ3n) is 2.72. The highest BCUT2D eigenvalue weighted by molar-refractivity contribution is 8.03. The first-order valence-corrected chi connectivity index (χ1v) is 7.34. The molecule has 0 radical (unpaired) electrons. The Bertz CT molecular complexity index is 769. The summed E-state index contributed by atoms with van der Waals surface area (Å²) < 4.78 is 44.2. The second kappa shape index (κ2) is 6.95. The molecule has 0 aliphatic heterocycles. The molecule has 1 amide bonds. The van der Waals surface area contributed by atoms with E-state index in [0.717, 1.165) is 6.07 Å². The fraction of sp³-hybridized carbons (Fsp3) is 0.214. The molecule has 2 aromatic heterocycles. The predicted octanol–water partition coefficient (Wildman–Crippen LogP) is 3.38. The molecule has 0 aromatic carbocycles. The van der Waals surface area contributed by atoms with E-state index in [4.69, 9.17) is 4.42 Å². The summed E-state index contributed by atoms with van der Waals surface area (Å²) in [5, 5.41) is 11.5. The summed E-state index contributed by atoms with van der Waals surface area (Å²) in [4.78, 5) is 18.9. The van der Waals surface area contributed by atoms with E-state index in [0.29, 0.717) is 11.8 Å². The summed E-state index contributed by atoms with van der Waals surface area (Å²) in [7, 11) is 1.33. The number of alkyl halides is 3. The van der Waals surface area contributed by atoms with Gasteiger partial charge in [0.1, 0.15) is 22.1 Å². The van der Waals surface area contributed by atoms with Gasteiger partial charge < -0.3 is 14.8 Å². The zero-order valence-electron chi connectivity index (χ0n) is 12.5. The van der Waals surface area contributed by atoms with Crippen molar-refractivity contribution in [1.82, 2.24) is 15.3 Å². The number of halogens is 3. The molecule has 2 aromatic rings. The van der Waals surface area contributed by atoms with Crippen LogP contribution in [0.4, 0.5) is 13.2 Å². The van der Waals surface area contributed by atoms with Crippen molar-refractivity contribution in [2.75, 3.05) is 7.05 Å². The molecule has 0 aliphatic rings. The summed E-state index contributed by atoms with van der Waals surface area (Å²) in [6, 6.07) is 3.70. The largest absolute Gasteiger partial charge is 0.511 e. The van der Waals surface area contributed by atoms with E-state index < -0.39 is 17.8 Å². The molecule has 128 valence electrons. The predicted molar refractivity (Wildman–Crippen MR) is 80.0 cm³/mol. The Morgan fingerprint density at radius 3 is 2.58 bits per heavy atom. The average Bonchev–Trinajstić information content (AvgIpc) is 3.05. The molecule has 6 nitrogen and oxygen atoms in total. The zero-order valence-corrected chi connectivity index (χ0v) is 13.3. The molecular formula is C14H12F3N3O3S. The van der Waals surface area contributed by atoms with E-state index in [1.54, 1.807) is 0 Å². The Balaban J connectivity index is 2.52. The molecule has 0 unspecified atom stereocenters. The lowest BCUT2D eigenvalue weighted by Crippen LogP contribution is -2.20. The van der Waals surface area contributed by atoms with E-state index >= 15 is 0 Å². The van der Waals surface area contributed by atoms with Crippen LogP contribution in [0.5, 0.6) is 0 Å². The normalized spacial score (nSPS) is 12.7. The van der Waals surface area contributed by atoms with Gasteiger partial charge in [0.05, 0.1) is 6.26 Å². The Hall–Kier alpha value is -2.49. The maximum absolute atomic E-state index is 13.0. The Morgan fingerprint density at radius 2 is 2.08 bits per heavy atom. The SMILES string of the molecule is CNC(=O)C(Sc1nc(-c2ccco2)cc(C(F)(F)F)n1)=C(C)O. The Morgan fingerprint density at radius 1 is 1.38 bits per heavy atom. The minimum absolute atomic E-state index is 0.0864. The van der Waals surface area contributed by atoms with Crippen molar-refractivity contribution in [2.45, 2.75) is 18.3 Å². The standard InChI is InChI=1S/C14H12F3N3O3S/c1-7(21)11(12(22)18-2)24-13-19-8(9-4-3-5-23-9)6-10(20-13)14(15,16)17/h3-6,21H,1-2H3,(H,18,22). The first-order valence-electron chi connectivity index (χ1n) is 6.52. The highest BCUT2D eigenvalue weighted by Gasteiger charge is 2.34. The maximum atomic E-state index is 13.0. The number of amides is 1. The van der Waals surface area contributed by atoms with Crippen molar-refractivity contribution in [3.05, 3.63) is 40.8 Å². The van der Waals surface area contributed by atoms with Gasteiger partial charge in [-0.2, -0.15) is 13.2 Å². The van der Waals surface area contributed by atoms with Crippen LogP contribution >= 0.6 is 11.8 Å². The van der Waals surface area contributed by atoms with Crippen molar-refractivity contribution < 1.29 is 27.5 Å². The van der Waals surface area contributed by atoms with Gasteiger partial charge in [0.2, 0.25) is 0 Å². The molecule has 10 heteroatoms. The quantitative estimate of drug-likeness (QED) is 0.377. The van der Waals surface area contributed by atoms with E-state index in [2.05, 4.69) is 15.3 Å². The minimum atomic E-state index is -4.70. The summed E-state index contributed by atoms with van der Waals surface area (Å²) in [5.74, 6) is -0.906. The number of nitrogens with one attached hydrogen (secondary N) is 1. The van der Waals surface area contributed by atoms with E-state index in [-0.39, 0.29) is 27.3 Å². The van der Waals surface area contributed by atoms with Crippen molar-refractivity contribution in [1.29, 1.82) is 0 Å². The van der Waals surface area contributed by atoms with Crippen LogP contribution in [0.15, 0.2) is 44.7 Å². The van der Waals surface area contributed by atoms with Gasteiger partial charge in [0.25, 0.3) is 5.91 Å². The smallest absolute Gasteiger partial charge is 0.433 e. The van der Waals surface area contributed by atoms with Crippen molar-refractivity contribution in [3.8, 4) is 11.5 Å². The van der Waals surface area contributed by atoms with Crippen LogP contribution in [0.2, 0.25) is 0 Å². The number of aromatic nitrogens is 2. The van der Waals surface area contributed by atoms with E-state index in [1.807, 2.05) is 0 Å². The fourth-order valence-corrected chi connectivity index (χ4v) is 2.47. The number of nitrogens with zero attached hydrogens (tertiary/aromatic N) is 2. The first kappa shape index (κ1) is 17.9. The number of hydrogen-bond donors (Lipinski definition) is 2. The lowest BCUT2D eigenvalue weighted by atomic mass is 10.2. The van der Waals surface area contributed by atoms with E-state index in [1.165, 1.54) is 32.4 Å². The van der Waals surface area contributed by atoms with Gasteiger partial charge in [-0.05, 0) is 36.9 Å². The lowest BCUT2D eigenvalue weighted by Gasteiger charge is -2.10. The summed E-state index contributed by atoms with van der Waals surface area (Å²) >= 11 is 0.525. The lowest BCUT2D eigenvalue weighted by molar-refractivity contribution is -0.141.